The van der Waals surface area contributed by atoms with Crippen LogP contribution in [0.15, 0.2) is 18.2 Å². The number of carbonyl (C=O) groups is 1. The molecule has 2 aliphatic heterocycles. The molecule has 0 aromatic heterocycles. The second kappa shape index (κ2) is 7.43. The summed E-state index contributed by atoms with van der Waals surface area (Å²) in [7, 11) is 0. The molecular weight excluding hydrogens is 304 g/mol. The van der Waals surface area contributed by atoms with Crippen molar-refractivity contribution in [1.29, 1.82) is 0 Å². The molecule has 0 atom stereocenters. The molecule has 0 aliphatic carbocycles. The molecule has 2 heterocycles. The maximum Gasteiger partial charge on any atom is 0.224 e. The minimum atomic E-state index is 0.00286. The van der Waals surface area contributed by atoms with Gasteiger partial charge in [-0.25, -0.2) is 0 Å². The van der Waals surface area contributed by atoms with Gasteiger partial charge in [-0.1, -0.05) is 12.5 Å². The number of carbonyl (C=O) groups excluding carboxylic acids is 1. The van der Waals surface area contributed by atoms with Crippen LogP contribution in [0, 0.1) is 0 Å². The zero-order valence-corrected chi connectivity index (χ0v) is 14.8. The van der Waals surface area contributed by atoms with Gasteiger partial charge < -0.3 is 14.8 Å². The Balaban J connectivity index is 1.52. The molecule has 1 amide bonds. The van der Waals surface area contributed by atoms with E-state index in [0.29, 0.717) is 26.2 Å². The summed E-state index contributed by atoms with van der Waals surface area (Å²) in [4.78, 5) is 14.8. The van der Waals surface area contributed by atoms with E-state index >= 15 is 0 Å². The number of amides is 1. The molecule has 1 N–H and O–H groups in total. The molecule has 3 rings (SSSR count). The van der Waals surface area contributed by atoms with Gasteiger partial charge in [0.2, 0.25) is 5.91 Å². The Kier molecular flexibility index (Phi) is 5.29. The van der Waals surface area contributed by atoms with Crippen molar-refractivity contribution in [1.82, 2.24) is 10.2 Å². The highest BCUT2D eigenvalue weighted by molar-refractivity contribution is 5.78. The second-order valence-electron chi connectivity index (χ2n) is 7.29. The van der Waals surface area contributed by atoms with Gasteiger partial charge >= 0.3 is 0 Å². The van der Waals surface area contributed by atoms with Gasteiger partial charge in [0.25, 0.3) is 0 Å². The SMILES string of the molecule is CC(C)(CNC(=O)Cc1ccc2c(c1)OCCO2)N1CCCCC1. The van der Waals surface area contributed by atoms with Gasteiger partial charge in [-0.15, -0.1) is 0 Å². The summed E-state index contributed by atoms with van der Waals surface area (Å²) < 4.78 is 11.1. The van der Waals surface area contributed by atoms with E-state index in [1.54, 1.807) is 0 Å². The van der Waals surface area contributed by atoms with Crippen molar-refractivity contribution in [2.75, 3.05) is 32.8 Å². The molecule has 5 nitrogen and oxygen atoms in total. The molecule has 1 aromatic rings. The molecule has 0 unspecified atom stereocenters. The van der Waals surface area contributed by atoms with Gasteiger partial charge in [-0.2, -0.15) is 0 Å². The molecule has 1 aromatic carbocycles. The fraction of sp³-hybridized carbons (Fsp3) is 0.632. The summed E-state index contributed by atoms with van der Waals surface area (Å²) in [6.07, 6.45) is 4.21. The number of nitrogens with zero attached hydrogens (tertiary/aromatic N) is 1. The molecule has 1 saturated heterocycles. The molecule has 2 aliphatic rings. The van der Waals surface area contributed by atoms with Crippen molar-refractivity contribution in [2.24, 2.45) is 0 Å². The Morgan fingerprint density at radius 1 is 1.12 bits per heavy atom. The molecule has 0 spiro atoms. The van der Waals surface area contributed by atoms with Gasteiger partial charge in [-0.05, 0) is 57.5 Å². The Labute approximate surface area is 144 Å². The van der Waals surface area contributed by atoms with Crippen molar-refractivity contribution in [3.8, 4) is 11.5 Å². The van der Waals surface area contributed by atoms with Crippen LogP contribution in [-0.2, 0) is 11.2 Å². The van der Waals surface area contributed by atoms with Crippen LogP contribution in [0.1, 0.15) is 38.7 Å². The Bertz CT molecular complexity index is 580. The first-order valence-corrected chi connectivity index (χ1v) is 8.95. The second-order valence-corrected chi connectivity index (χ2v) is 7.29. The summed E-state index contributed by atoms with van der Waals surface area (Å²) in [5, 5.41) is 3.10. The number of hydrogen-bond acceptors (Lipinski definition) is 4. The van der Waals surface area contributed by atoms with E-state index in [4.69, 9.17) is 9.47 Å². The number of nitrogens with one attached hydrogen (secondary N) is 1. The number of likely N-dealkylation sites (tertiary alicyclic amines) is 1. The van der Waals surface area contributed by atoms with Gasteiger partial charge in [0.05, 0.1) is 6.42 Å². The van der Waals surface area contributed by atoms with Gasteiger partial charge in [0, 0.05) is 12.1 Å². The average molecular weight is 332 g/mol. The largest absolute Gasteiger partial charge is 0.486 e. The van der Waals surface area contributed by atoms with Crippen LogP contribution in [-0.4, -0.2) is 49.2 Å². The predicted octanol–water partition coefficient (Wildman–Crippen LogP) is 2.38. The number of hydrogen-bond donors (Lipinski definition) is 1. The van der Waals surface area contributed by atoms with E-state index in [-0.39, 0.29) is 11.4 Å². The monoisotopic (exact) mass is 332 g/mol. The quantitative estimate of drug-likeness (QED) is 0.899. The molecule has 132 valence electrons. The summed E-state index contributed by atoms with van der Waals surface area (Å²) >= 11 is 0. The zero-order chi connectivity index (χ0) is 17.0. The van der Waals surface area contributed by atoms with Crippen LogP contribution in [0.3, 0.4) is 0 Å². The lowest BCUT2D eigenvalue weighted by Crippen LogP contribution is -2.53. The zero-order valence-electron chi connectivity index (χ0n) is 14.8. The third-order valence-corrected chi connectivity index (χ3v) is 4.90. The molecule has 0 saturated carbocycles. The van der Waals surface area contributed by atoms with Crippen LogP contribution in [0.5, 0.6) is 11.5 Å². The average Bonchev–Trinajstić information content (AvgIpc) is 2.61. The summed E-state index contributed by atoms with van der Waals surface area (Å²) in [5.74, 6) is 1.55. The van der Waals surface area contributed by atoms with E-state index in [9.17, 15) is 4.79 Å². The first-order valence-electron chi connectivity index (χ1n) is 8.95. The number of benzene rings is 1. The molecule has 5 heteroatoms. The van der Waals surface area contributed by atoms with Crippen molar-refractivity contribution >= 4 is 5.91 Å². The number of rotatable bonds is 5. The summed E-state index contributed by atoms with van der Waals surface area (Å²) in [6.45, 7) is 8.50. The maximum absolute atomic E-state index is 12.3. The fourth-order valence-electron chi connectivity index (χ4n) is 3.37. The van der Waals surface area contributed by atoms with Crippen molar-refractivity contribution < 1.29 is 14.3 Å². The predicted molar refractivity (Wildman–Crippen MR) is 93.6 cm³/mol. The lowest BCUT2D eigenvalue weighted by atomic mass is 9.98. The summed E-state index contributed by atoms with van der Waals surface area (Å²) in [6, 6.07) is 5.72. The topological polar surface area (TPSA) is 50.8 Å². The third-order valence-electron chi connectivity index (χ3n) is 4.90. The van der Waals surface area contributed by atoms with Crippen LogP contribution in [0.4, 0.5) is 0 Å². The minimum Gasteiger partial charge on any atom is -0.486 e. The highest BCUT2D eigenvalue weighted by Gasteiger charge is 2.28. The standard InChI is InChI=1S/C19H28N2O3/c1-19(2,21-8-4-3-5-9-21)14-20-18(22)13-15-6-7-16-17(12-15)24-11-10-23-16/h6-7,12H,3-5,8-11,13-14H2,1-2H3,(H,20,22). The van der Waals surface area contributed by atoms with E-state index in [2.05, 4.69) is 24.1 Å². The Hall–Kier alpha value is -1.75. The van der Waals surface area contributed by atoms with Gasteiger partial charge in [0.1, 0.15) is 13.2 Å². The highest BCUT2D eigenvalue weighted by Crippen LogP contribution is 2.30. The normalized spacial score (nSPS) is 18.2. The van der Waals surface area contributed by atoms with E-state index in [1.807, 2.05) is 18.2 Å². The van der Waals surface area contributed by atoms with Crippen LogP contribution < -0.4 is 14.8 Å². The molecule has 0 bridgehead atoms. The van der Waals surface area contributed by atoms with E-state index < -0.39 is 0 Å². The van der Waals surface area contributed by atoms with Crippen molar-refractivity contribution in [3.63, 3.8) is 0 Å². The smallest absolute Gasteiger partial charge is 0.224 e. The fourth-order valence-corrected chi connectivity index (χ4v) is 3.37. The van der Waals surface area contributed by atoms with Crippen LogP contribution >= 0.6 is 0 Å². The highest BCUT2D eigenvalue weighted by atomic mass is 16.6. The first-order chi connectivity index (χ1) is 11.5. The van der Waals surface area contributed by atoms with Crippen LogP contribution in [0.2, 0.25) is 0 Å². The van der Waals surface area contributed by atoms with Crippen molar-refractivity contribution in [2.45, 2.75) is 45.1 Å². The van der Waals surface area contributed by atoms with Gasteiger partial charge in [0.15, 0.2) is 11.5 Å². The lowest BCUT2D eigenvalue weighted by molar-refractivity contribution is -0.121. The van der Waals surface area contributed by atoms with Crippen molar-refractivity contribution in [3.05, 3.63) is 23.8 Å². The molecule has 24 heavy (non-hydrogen) atoms. The van der Waals surface area contributed by atoms with E-state index in [1.165, 1.54) is 19.3 Å². The lowest BCUT2D eigenvalue weighted by Gasteiger charge is -2.41. The van der Waals surface area contributed by atoms with Crippen LogP contribution in [0.25, 0.3) is 0 Å². The first kappa shape index (κ1) is 17.1. The molecular formula is C19H28N2O3. The third kappa shape index (κ3) is 4.20. The maximum atomic E-state index is 12.3. The van der Waals surface area contributed by atoms with E-state index in [0.717, 1.165) is 30.2 Å². The number of ether oxygens (including phenoxy) is 2. The Morgan fingerprint density at radius 2 is 1.83 bits per heavy atom. The summed E-state index contributed by atoms with van der Waals surface area (Å²) in [5.41, 5.74) is 0.954. The molecule has 1 fully saturated rings. The number of fused-ring (bicyclic) bond motifs is 1. The minimum absolute atomic E-state index is 0.00286. The molecule has 0 radical (unpaired) electrons. The Morgan fingerprint density at radius 3 is 2.58 bits per heavy atom. The number of piperidine rings is 1. The van der Waals surface area contributed by atoms with Gasteiger partial charge in [-0.3, -0.25) is 9.69 Å².